The highest BCUT2D eigenvalue weighted by Gasteiger charge is 2.19. The van der Waals surface area contributed by atoms with Crippen LogP contribution in [0.4, 0.5) is 5.82 Å². The molecule has 1 fully saturated rings. The fraction of sp³-hybridized carbons (Fsp3) is 0.450. The molecule has 6 nitrogen and oxygen atoms in total. The van der Waals surface area contributed by atoms with E-state index in [2.05, 4.69) is 28.3 Å². The summed E-state index contributed by atoms with van der Waals surface area (Å²) in [6, 6.07) is 9.82. The van der Waals surface area contributed by atoms with E-state index in [1.54, 1.807) is 16.7 Å². The minimum atomic E-state index is -0.0318. The quantitative estimate of drug-likeness (QED) is 0.576. The van der Waals surface area contributed by atoms with Crippen LogP contribution in [0.15, 0.2) is 35.5 Å². The standard InChI is InChI=1S/C20H27N5OS/c1-4-21-19(26)17-7-5-6-16(13-17)14-27-20-22-15(2)12-18(23-20)25-10-8-24(3)9-11-25/h5-7,12-13H,4,8-11,14H2,1-3H3,(H,21,26)/p+1. The van der Waals surface area contributed by atoms with E-state index in [-0.39, 0.29) is 5.91 Å². The monoisotopic (exact) mass is 386 g/mol. The molecular weight excluding hydrogens is 358 g/mol. The average Bonchev–Trinajstić information content (AvgIpc) is 2.67. The first-order chi connectivity index (χ1) is 13.0. The molecule has 2 aromatic rings. The predicted octanol–water partition coefficient (Wildman–Crippen LogP) is 1.16. The number of nitrogens with zero attached hydrogens (tertiary/aromatic N) is 3. The Hall–Kier alpha value is -2.12. The number of likely N-dealkylation sites (N-methyl/N-ethyl adjacent to an activating group) is 1. The number of quaternary nitrogens is 1. The van der Waals surface area contributed by atoms with Gasteiger partial charge in [-0.05, 0) is 31.5 Å². The first-order valence-electron chi connectivity index (χ1n) is 9.47. The zero-order valence-corrected chi connectivity index (χ0v) is 17.1. The Morgan fingerprint density at radius 3 is 2.78 bits per heavy atom. The highest BCUT2D eigenvalue weighted by molar-refractivity contribution is 7.98. The second kappa shape index (κ2) is 9.19. The Bertz CT molecular complexity index is 790. The number of hydrogen-bond acceptors (Lipinski definition) is 5. The summed E-state index contributed by atoms with van der Waals surface area (Å²) in [5.74, 6) is 1.73. The maximum absolute atomic E-state index is 12.0. The molecule has 0 spiro atoms. The van der Waals surface area contributed by atoms with E-state index in [0.717, 1.165) is 54.2 Å². The molecule has 7 heteroatoms. The third-order valence-electron chi connectivity index (χ3n) is 4.66. The number of amides is 1. The normalized spacial score (nSPS) is 15.0. The van der Waals surface area contributed by atoms with Gasteiger partial charge in [0.15, 0.2) is 5.16 Å². The van der Waals surface area contributed by atoms with E-state index >= 15 is 0 Å². The number of thioether (sulfide) groups is 1. The van der Waals surface area contributed by atoms with Gasteiger partial charge in [-0.1, -0.05) is 23.9 Å². The van der Waals surface area contributed by atoms with Gasteiger partial charge >= 0.3 is 0 Å². The van der Waals surface area contributed by atoms with E-state index in [1.165, 1.54) is 0 Å². The number of benzene rings is 1. The molecular formula is C20H28N5OS+. The van der Waals surface area contributed by atoms with Gasteiger partial charge in [0, 0.05) is 29.6 Å². The number of rotatable bonds is 6. The van der Waals surface area contributed by atoms with Crippen LogP contribution < -0.4 is 15.1 Å². The van der Waals surface area contributed by atoms with Gasteiger partial charge in [-0.3, -0.25) is 4.79 Å². The van der Waals surface area contributed by atoms with Crippen LogP contribution in [-0.2, 0) is 5.75 Å². The molecule has 1 aliphatic rings. The van der Waals surface area contributed by atoms with Crippen molar-refractivity contribution in [2.75, 3.05) is 44.7 Å². The van der Waals surface area contributed by atoms with Crippen LogP contribution in [0.2, 0.25) is 0 Å². The van der Waals surface area contributed by atoms with E-state index in [0.29, 0.717) is 12.1 Å². The molecule has 3 rings (SSSR count). The summed E-state index contributed by atoms with van der Waals surface area (Å²) in [6.45, 7) is 8.90. The molecule has 0 atom stereocenters. The summed E-state index contributed by atoms with van der Waals surface area (Å²) in [6.07, 6.45) is 0. The molecule has 27 heavy (non-hydrogen) atoms. The first kappa shape index (κ1) is 19.6. The van der Waals surface area contributed by atoms with Crippen molar-refractivity contribution in [1.29, 1.82) is 0 Å². The molecule has 0 saturated carbocycles. The van der Waals surface area contributed by atoms with Gasteiger partial charge in [0.25, 0.3) is 5.91 Å². The van der Waals surface area contributed by atoms with E-state index in [4.69, 9.17) is 4.98 Å². The van der Waals surface area contributed by atoms with Crippen molar-refractivity contribution in [3.05, 3.63) is 47.2 Å². The third-order valence-corrected chi connectivity index (χ3v) is 5.57. The number of carbonyl (C=O) groups excluding carboxylic acids is 1. The zero-order valence-electron chi connectivity index (χ0n) is 16.3. The summed E-state index contributed by atoms with van der Waals surface area (Å²) < 4.78 is 0. The van der Waals surface area contributed by atoms with Crippen LogP contribution >= 0.6 is 11.8 Å². The van der Waals surface area contributed by atoms with Gasteiger partial charge in [-0.25, -0.2) is 9.97 Å². The second-order valence-corrected chi connectivity index (χ2v) is 7.89. The number of anilines is 1. The Morgan fingerprint density at radius 2 is 2.04 bits per heavy atom. The maximum Gasteiger partial charge on any atom is 0.251 e. The molecule has 2 N–H and O–H groups in total. The lowest BCUT2D eigenvalue weighted by molar-refractivity contribution is -0.880. The molecule has 1 aromatic heterocycles. The van der Waals surface area contributed by atoms with Crippen molar-refractivity contribution < 1.29 is 9.69 Å². The SMILES string of the molecule is CCNC(=O)c1cccc(CSc2nc(C)cc(N3CC[NH+](C)CC3)n2)c1. The molecule has 1 saturated heterocycles. The van der Waals surface area contributed by atoms with Gasteiger partial charge in [0.2, 0.25) is 0 Å². The molecule has 1 amide bonds. The molecule has 0 aliphatic carbocycles. The Labute approximate surface area is 165 Å². The van der Waals surface area contributed by atoms with Gasteiger partial charge in [-0.2, -0.15) is 0 Å². The van der Waals surface area contributed by atoms with Crippen LogP contribution in [0, 0.1) is 6.92 Å². The number of carbonyl (C=O) groups is 1. The van der Waals surface area contributed by atoms with Gasteiger partial charge in [0.1, 0.15) is 5.82 Å². The van der Waals surface area contributed by atoms with E-state index in [9.17, 15) is 4.79 Å². The number of piperazine rings is 1. The number of aryl methyl sites for hydroxylation is 1. The number of nitrogens with one attached hydrogen (secondary N) is 2. The zero-order chi connectivity index (χ0) is 19.2. The first-order valence-corrected chi connectivity index (χ1v) is 10.5. The molecule has 2 heterocycles. The van der Waals surface area contributed by atoms with Crippen LogP contribution in [0.5, 0.6) is 0 Å². The highest BCUT2D eigenvalue weighted by Crippen LogP contribution is 2.23. The third kappa shape index (κ3) is 5.43. The second-order valence-electron chi connectivity index (χ2n) is 6.94. The van der Waals surface area contributed by atoms with Crippen LogP contribution in [0.1, 0.15) is 28.5 Å². The molecule has 144 valence electrons. The topological polar surface area (TPSA) is 62.6 Å². The lowest BCUT2D eigenvalue weighted by Crippen LogP contribution is -3.12. The molecule has 0 bridgehead atoms. The average molecular weight is 387 g/mol. The molecule has 1 aliphatic heterocycles. The lowest BCUT2D eigenvalue weighted by Gasteiger charge is -2.31. The molecule has 1 aromatic carbocycles. The minimum absolute atomic E-state index is 0.0318. The number of aromatic nitrogens is 2. The van der Waals surface area contributed by atoms with Crippen molar-refractivity contribution in [3.63, 3.8) is 0 Å². The summed E-state index contributed by atoms with van der Waals surface area (Å²) in [7, 11) is 2.23. The van der Waals surface area contributed by atoms with E-state index in [1.807, 2.05) is 38.1 Å². The van der Waals surface area contributed by atoms with Crippen molar-refractivity contribution in [1.82, 2.24) is 15.3 Å². The predicted molar refractivity (Wildman–Crippen MR) is 110 cm³/mol. The van der Waals surface area contributed by atoms with Crippen LogP contribution in [0.25, 0.3) is 0 Å². The smallest absolute Gasteiger partial charge is 0.251 e. The highest BCUT2D eigenvalue weighted by atomic mass is 32.2. The lowest BCUT2D eigenvalue weighted by atomic mass is 10.1. The maximum atomic E-state index is 12.0. The van der Waals surface area contributed by atoms with Crippen molar-refractivity contribution in [2.45, 2.75) is 24.8 Å². The Kier molecular flexibility index (Phi) is 6.68. The summed E-state index contributed by atoms with van der Waals surface area (Å²) in [4.78, 5) is 25.3. The molecule has 0 radical (unpaired) electrons. The Morgan fingerprint density at radius 1 is 1.26 bits per heavy atom. The minimum Gasteiger partial charge on any atom is -0.352 e. The number of hydrogen-bond donors (Lipinski definition) is 2. The van der Waals surface area contributed by atoms with Crippen LogP contribution in [0.3, 0.4) is 0 Å². The van der Waals surface area contributed by atoms with Crippen molar-refractivity contribution >= 4 is 23.5 Å². The van der Waals surface area contributed by atoms with Crippen molar-refractivity contribution in [2.24, 2.45) is 0 Å². The fourth-order valence-electron chi connectivity index (χ4n) is 3.08. The summed E-state index contributed by atoms with van der Waals surface area (Å²) in [5, 5.41) is 3.63. The summed E-state index contributed by atoms with van der Waals surface area (Å²) in [5.41, 5.74) is 2.78. The Balaban J connectivity index is 1.67. The van der Waals surface area contributed by atoms with Crippen molar-refractivity contribution in [3.8, 4) is 0 Å². The summed E-state index contributed by atoms with van der Waals surface area (Å²) >= 11 is 1.61. The van der Waals surface area contributed by atoms with Gasteiger partial charge < -0.3 is 15.1 Å². The largest absolute Gasteiger partial charge is 0.352 e. The van der Waals surface area contributed by atoms with Gasteiger partial charge in [-0.15, -0.1) is 0 Å². The fourth-order valence-corrected chi connectivity index (χ4v) is 3.92. The molecule has 0 unspecified atom stereocenters. The van der Waals surface area contributed by atoms with Gasteiger partial charge in [0.05, 0.1) is 33.2 Å². The van der Waals surface area contributed by atoms with Crippen LogP contribution in [-0.4, -0.2) is 55.6 Å². The van der Waals surface area contributed by atoms with E-state index < -0.39 is 0 Å².